The Hall–Kier alpha value is -6.82. The van der Waals surface area contributed by atoms with Gasteiger partial charge in [-0.2, -0.15) is 0 Å². The Balaban J connectivity index is 1.44. The van der Waals surface area contributed by atoms with Crippen LogP contribution in [-0.4, -0.2) is 13.2 Å². The molecule has 0 atom stereocenters. The lowest BCUT2D eigenvalue weighted by atomic mass is 9.81. The SMILES string of the molecule is CCCCCCOc1ccc2cccc3c(-c4c(F)c(F)c(F)c(F)c4F)c4c5ccc6c(c(-c7c(F)c(F)c(F)c(F)c7F)c7cccc8ccc(OCCCCCC)c6c87)c5ccc4c1c23. The number of rotatable bonds is 14. The second-order valence-electron chi connectivity index (χ2n) is 17.2. The molecule has 0 N–H and O–H groups in total. The van der Waals surface area contributed by atoms with E-state index in [2.05, 4.69) is 13.8 Å². The molecule has 0 saturated heterocycles. The fourth-order valence-electron chi connectivity index (χ4n) is 10.1. The van der Waals surface area contributed by atoms with Crippen LogP contribution in [0.5, 0.6) is 11.5 Å². The van der Waals surface area contributed by atoms with Crippen LogP contribution >= 0.6 is 0 Å². The summed E-state index contributed by atoms with van der Waals surface area (Å²) in [6.07, 6.45) is 7.02. The molecule has 0 aliphatic rings. The van der Waals surface area contributed by atoms with E-state index < -0.39 is 69.3 Å². The monoisotopic (exact) mass is 934 g/mol. The first-order chi connectivity index (χ1) is 32.9. The predicted octanol–water partition coefficient (Wildman–Crippen LogP) is 17.8. The van der Waals surface area contributed by atoms with E-state index >= 15 is 35.1 Å². The Bertz CT molecular complexity index is 3380. The van der Waals surface area contributed by atoms with Gasteiger partial charge in [0, 0.05) is 32.7 Å². The molecule has 0 fully saturated rings. The van der Waals surface area contributed by atoms with E-state index in [1.807, 2.05) is 0 Å². The normalized spacial score (nSPS) is 12.1. The average molecular weight is 935 g/mol. The molecule has 0 unspecified atom stereocenters. The van der Waals surface area contributed by atoms with Crippen molar-refractivity contribution < 1.29 is 53.4 Å². The van der Waals surface area contributed by atoms with E-state index in [1.54, 1.807) is 72.8 Å². The molecule has 0 aromatic heterocycles. The molecule has 10 aromatic carbocycles. The quantitative estimate of drug-likeness (QED) is 0.0270. The van der Waals surface area contributed by atoms with Crippen molar-refractivity contribution in [3.63, 3.8) is 0 Å². The zero-order valence-electron chi connectivity index (χ0n) is 36.8. The summed E-state index contributed by atoms with van der Waals surface area (Å²) in [5.41, 5.74) is -3.23. The predicted molar refractivity (Wildman–Crippen MR) is 250 cm³/mol. The van der Waals surface area contributed by atoms with Gasteiger partial charge in [0.2, 0.25) is 11.6 Å². The molecular weight excluding hydrogens is 895 g/mol. The highest BCUT2D eigenvalue weighted by molar-refractivity contribution is 6.39. The average Bonchev–Trinajstić information content (AvgIpc) is 3.35. The maximum Gasteiger partial charge on any atom is 0.200 e. The molecule has 0 heterocycles. The number of hydrogen-bond acceptors (Lipinski definition) is 2. The molecule has 0 aliphatic heterocycles. The van der Waals surface area contributed by atoms with Crippen LogP contribution in [0.2, 0.25) is 0 Å². The van der Waals surface area contributed by atoms with E-state index in [4.69, 9.17) is 9.47 Å². The largest absolute Gasteiger partial charge is 0.493 e. The number of benzene rings is 10. The Kier molecular flexibility index (Phi) is 11.7. The second kappa shape index (κ2) is 17.7. The van der Waals surface area contributed by atoms with E-state index in [9.17, 15) is 8.78 Å². The van der Waals surface area contributed by atoms with E-state index in [0.29, 0.717) is 69.9 Å². The summed E-state index contributed by atoms with van der Waals surface area (Å²) in [6, 6.07) is 22.8. The zero-order chi connectivity index (χ0) is 47.7. The number of hydrogen-bond donors (Lipinski definition) is 0. The maximum absolute atomic E-state index is 16.5. The fourth-order valence-corrected chi connectivity index (χ4v) is 10.1. The van der Waals surface area contributed by atoms with Gasteiger partial charge in [-0.05, 0) is 78.8 Å². The van der Waals surface area contributed by atoms with Gasteiger partial charge >= 0.3 is 0 Å². The third kappa shape index (κ3) is 6.84. The molecule has 68 heavy (non-hydrogen) atoms. The highest BCUT2D eigenvalue weighted by Crippen LogP contribution is 2.53. The Morgan fingerprint density at radius 2 is 0.647 bits per heavy atom. The van der Waals surface area contributed by atoms with Crippen molar-refractivity contribution in [3.8, 4) is 33.8 Å². The minimum absolute atomic E-state index is 0.0308. The van der Waals surface area contributed by atoms with Crippen LogP contribution < -0.4 is 9.47 Å². The van der Waals surface area contributed by atoms with Gasteiger partial charge in [0.25, 0.3) is 0 Å². The lowest BCUT2D eigenvalue weighted by molar-refractivity contribution is 0.308. The topological polar surface area (TPSA) is 18.5 Å². The number of fused-ring (bicyclic) bond motifs is 7. The molecule has 12 heteroatoms. The minimum Gasteiger partial charge on any atom is -0.493 e. The van der Waals surface area contributed by atoms with Crippen LogP contribution in [0.15, 0.2) is 84.9 Å². The van der Waals surface area contributed by atoms with Gasteiger partial charge in [-0.1, -0.05) is 125 Å². The molecule has 10 aromatic rings. The summed E-state index contributed by atoms with van der Waals surface area (Å²) >= 11 is 0. The van der Waals surface area contributed by atoms with Crippen molar-refractivity contribution in [1.29, 1.82) is 0 Å². The highest BCUT2D eigenvalue weighted by atomic mass is 19.2. The molecule has 0 bridgehead atoms. The van der Waals surface area contributed by atoms with Crippen molar-refractivity contribution in [3.05, 3.63) is 143 Å². The van der Waals surface area contributed by atoms with Crippen molar-refractivity contribution >= 4 is 75.4 Å². The number of halogens is 10. The van der Waals surface area contributed by atoms with Crippen LogP contribution in [0.25, 0.3) is 97.7 Å². The summed E-state index contributed by atoms with van der Waals surface area (Å²) in [4.78, 5) is 0. The second-order valence-corrected chi connectivity index (χ2v) is 17.2. The molecule has 0 aliphatic carbocycles. The van der Waals surface area contributed by atoms with Crippen LogP contribution in [0, 0.1) is 58.2 Å². The van der Waals surface area contributed by atoms with Gasteiger partial charge in [0.05, 0.1) is 24.3 Å². The van der Waals surface area contributed by atoms with Gasteiger partial charge in [-0.15, -0.1) is 0 Å². The molecule has 0 spiro atoms. The smallest absolute Gasteiger partial charge is 0.200 e. The molecule has 0 saturated carbocycles. The van der Waals surface area contributed by atoms with E-state index in [1.165, 1.54) is 12.1 Å². The van der Waals surface area contributed by atoms with E-state index in [0.717, 1.165) is 38.5 Å². The van der Waals surface area contributed by atoms with Crippen LogP contribution in [-0.2, 0) is 0 Å². The molecule has 0 amide bonds. The first kappa shape index (κ1) is 45.0. The van der Waals surface area contributed by atoms with Crippen LogP contribution in [0.3, 0.4) is 0 Å². The van der Waals surface area contributed by atoms with Gasteiger partial charge in [-0.25, -0.2) is 43.9 Å². The first-order valence-electron chi connectivity index (χ1n) is 22.7. The van der Waals surface area contributed by atoms with Crippen molar-refractivity contribution in [2.75, 3.05) is 13.2 Å². The Morgan fingerprint density at radius 3 is 1.01 bits per heavy atom. The van der Waals surface area contributed by atoms with Crippen LogP contribution in [0.4, 0.5) is 43.9 Å². The van der Waals surface area contributed by atoms with Crippen molar-refractivity contribution in [2.24, 2.45) is 0 Å². The minimum atomic E-state index is -2.36. The van der Waals surface area contributed by atoms with Crippen molar-refractivity contribution in [2.45, 2.75) is 65.2 Å². The van der Waals surface area contributed by atoms with Gasteiger partial charge in [-0.3, -0.25) is 0 Å². The van der Waals surface area contributed by atoms with Gasteiger partial charge < -0.3 is 9.47 Å². The molecule has 2 nitrogen and oxygen atoms in total. The van der Waals surface area contributed by atoms with Crippen molar-refractivity contribution in [1.82, 2.24) is 0 Å². The lowest BCUT2D eigenvalue weighted by Gasteiger charge is -2.23. The molecule has 10 rings (SSSR count). The Morgan fingerprint density at radius 1 is 0.294 bits per heavy atom. The number of unbranched alkanes of at least 4 members (excludes halogenated alkanes) is 6. The summed E-state index contributed by atoms with van der Waals surface area (Å²) in [5.74, 6) is -21.1. The third-order valence-corrected chi connectivity index (χ3v) is 13.2. The number of ether oxygens (including phenoxy) is 2. The third-order valence-electron chi connectivity index (χ3n) is 13.2. The van der Waals surface area contributed by atoms with Gasteiger partial charge in [0.15, 0.2) is 46.5 Å². The molecule has 346 valence electrons. The summed E-state index contributed by atoms with van der Waals surface area (Å²) in [7, 11) is 0. The Labute approximate surface area is 383 Å². The van der Waals surface area contributed by atoms with E-state index in [-0.39, 0.29) is 54.2 Å². The maximum atomic E-state index is 16.5. The lowest BCUT2D eigenvalue weighted by Crippen LogP contribution is -2.06. The summed E-state index contributed by atoms with van der Waals surface area (Å²) < 4.78 is 170. The summed E-state index contributed by atoms with van der Waals surface area (Å²) in [6.45, 7) is 4.72. The fraction of sp³-hybridized carbons (Fsp3) is 0.214. The van der Waals surface area contributed by atoms with Crippen LogP contribution in [0.1, 0.15) is 65.2 Å². The first-order valence-corrected chi connectivity index (χ1v) is 22.7. The van der Waals surface area contributed by atoms with Gasteiger partial charge in [0.1, 0.15) is 11.5 Å². The molecular formula is C56H40F10O2. The standard InChI is InChI=1S/C56H40F10O2/c1-3-5-7-9-25-67-35-23-17-27-13-11-15-31-37(27)41(35)33-21-19-30-29(39(33)43(31)45-47(57)51(61)55(65)52(62)48(45)58)20-22-34-40(30)44(46-49(59)53(63)56(66)54(64)50(46)60)32-16-12-14-28-18-24-36(42(34)38(28)32)68-26-10-8-6-4-2/h11-24H,3-10,25-26H2,1-2H3. The molecule has 0 radical (unpaired) electrons. The summed E-state index contributed by atoms with van der Waals surface area (Å²) in [5, 5.41) is 3.65. The zero-order valence-corrected chi connectivity index (χ0v) is 36.8. The highest BCUT2D eigenvalue weighted by Gasteiger charge is 2.33.